The number of hydrogen-bond acceptors (Lipinski definition) is 2. The lowest BCUT2D eigenvalue weighted by Crippen LogP contribution is -2.32. The summed E-state index contributed by atoms with van der Waals surface area (Å²) in [5, 5.41) is 8.40. The van der Waals surface area contributed by atoms with Gasteiger partial charge in [0.2, 0.25) is 0 Å². The van der Waals surface area contributed by atoms with Gasteiger partial charge in [-0.1, -0.05) is 13.3 Å². The number of hydrogen-bond donors (Lipinski definition) is 0. The molecular formula is C9H15NO. The lowest BCUT2D eigenvalue weighted by Gasteiger charge is -2.33. The van der Waals surface area contributed by atoms with Gasteiger partial charge in [0.05, 0.1) is 0 Å². The van der Waals surface area contributed by atoms with Crippen LogP contribution in [0.5, 0.6) is 0 Å². The second kappa shape index (κ2) is 3.13. The van der Waals surface area contributed by atoms with E-state index in [-0.39, 0.29) is 5.60 Å². The van der Waals surface area contributed by atoms with Gasteiger partial charge in [0.1, 0.15) is 5.60 Å². The fourth-order valence-electron chi connectivity index (χ4n) is 1.97. The number of rotatable bonds is 1. The first-order chi connectivity index (χ1) is 5.16. The molecule has 2 unspecified atom stereocenters. The smallest absolute Gasteiger partial charge is 0.286 e. The van der Waals surface area contributed by atoms with E-state index in [0.717, 1.165) is 12.8 Å². The van der Waals surface area contributed by atoms with Crippen molar-refractivity contribution in [2.24, 2.45) is 5.92 Å². The molecule has 0 aromatic carbocycles. The van der Waals surface area contributed by atoms with E-state index in [4.69, 9.17) is 10.00 Å². The van der Waals surface area contributed by atoms with Crippen LogP contribution in [0.4, 0.5) is 0 Å². The predicted molar refractivity (Wildman–Crippen MR) is 42.7 cm³/mol. The Morgan fingerprint density at radius 2 is 2.36 bits per heavy atom. The average Bonchev–Trinajstić information content (AvgIpc) is 1.86. The highest BCUT2D eigenvalue weighted by Gasteiger charge is 2.31. The topological polar surface area (TPSA) is 33.0 Å². The first kappa shape index (κ1) is 8.39. The van der Waals surface area contributed by atoms with Crippen molar-refractivity contribution >= 4 is 0 Å². The second-order valence-corrected chi connectivity index (χ2v) is 3.84. The van der Waals surface area contributed by atoms with Crippen molar-refractivity contribution in [3.05, 3.63) is 0 Å². The lowest BCUT2D eigenvalue weighted by atomic mass is 9.80. The molecule has 0 N–H and O–H groups in total. The van der Waals surface area contributed by atoms with Crippen molar-refractivity contribution in [3.63, 3.8) is 0 Å². The Balaban J connectivity index is 2.50. The molecule has 2 heteroatoms. The molecule has 2 atom stereocenters. The molecule has 0 heterocycles. The summed E-state index contributed by atoms with van der Waals surface area (Å²) in [6.07, 6.45) is 6.34. The summed E-state index contributed by atoms with van der Waals surface area (Å²) in [6.45, 7) is 4.25. The first-order valence-electron chi connectivity index (χ1n) is 4.23. The van der Waals surface area contributed by atoms with Gasteiger partial charge >= 0.3 is 0 Å². The fraction of sp³-hybridized carbons (Fsp3) is 0.889. The van der Waals surface area contributed by atoms with E-state index in [0.29, 0.717) is 5.92 Å². The van der Waals surface area contributed by atoms with Crippen LogP contribution >= 0.6 is 0 Å². The summed E-state index contributed by atoms with van der Waals surface area (Å²) < 4.78 is 5.05. The highest BCUT2D eigenvalue weighted by atomic mass is 16.5. The fourth-order valence-corrected chi connectivity index (χ4v) is 1.97. The molecule has 1 aliphatic carbocycles. The molecule has 2 nitrogen and oxygen atoms in total. The highest BCUT2D eigenvalue weighted by molar-refractivity contribution is 4.84. The van der Waals surface area contributed by atoms with Crippen molar-refractivity contribution in [1.29, 1.82) is 5.26 Å². The number of nitrogens with zero attached hydrogens (tertiary/aromatic N) is 1. The minimum absolute atomic E-state index is 0.160. The van der Waals surface area contributed by atoms with E-state index in [1.165, 1.54) is 12.8 Å². The van der Waals surface area contributed by atoms with Crippen LogP contribution in [0.15, 0.2) is 0 Å². The molecule has 0 radical (unpaired) electrons. The monoisotopic (exact) mass is 153 g/mol. The molecule has 1 aliphatic rings. The van der Waals surface area contributed by atoms with Crippen molar-refractivity contribution in [2.45, 2.75) is 45.1 Å². The van der Waals surface area contributed by atoms with Crippen molar-refractivity contribution in [1.82, 2.24) is 0 Å². The van der Waals surface area contributed by atoms with Crippen molar-refractivity contribution in [3.8, 4) is 6.26 Å². The molecule has 0 saturated heterocycles. The Morgan fingerprint density at radius 3 is 2.91 bits per heavy atom. The zero-order chi connectivity index (χ0) is 8.32. The van der Waals surface area contributed by atoms with E-state index in [9.17, 15) is 0 Å². The van der Waals surface area contributed by atoms with Gasteiger partial charge in [0, 0.05) is 0 Å². The molecule has 1 fully saturated rings. The maximum atomic E-state index is 8.40. The molecule has 0 aliphatic heterocycles. The van der Waals surface area contributed by atoms with Gasteiger partial charge in [-0.2, -0.15) is 5.26 Å². The third-order valence-corrected chi connectivity index (χ3v) is 2.47. The van der Waals surface area contributed by atoms with Gasteiger partial charge in [-0.3, -0.25) is 0 Å². The van der Waals surface area contributed by atoms with Crippen LogP contribution in [0.2, 0.25) is 0 Å². The summed E-state index contributed by atoms with van der Waals surface area (Å²) >= 11 is 0. The molecular weight excluding hydrogens is 138 g/mol. The molecule has 1 saturated carbocycles. The minimum Gasteiger partial charge on any atom is -0.421 e. The molecule has 0 amide bonds. The van der Waals surface area contributed by atoms with Gasteiger partial charge in [0.25, 0.3) is 6.26 Å². The Kier molecular flexibility index (Phi) is 2.38. The number of nitriles is 1. The van der Waals surface area contributed by atoms with Gasteiger partial charge in [-0.15, -0.1) is 0 Å². The first-order valence-corrected chi connectivity index (χ1v) is 4.23. The molecule has 0 aromatic rings. The van der Waals surface area contributed by atoms with Crippen molar-refractivity contribution < 1.29 is 4.74 Å². The number of ether oxygens (including phenoxy) is 1. The molecule has 62 valence electrons. The van der Waals surface area contributed by atoms with Crippen LogP contribution in [-0.4, -0.2) is 5.60 Å². The average molecular weight is 153 g/mol. The van der Waals surface area contributed by atoms with Crippen LogP contribution in [0.25, 0.3) is 0 Å². The quantitative estimate of drug-likeness (QED) is 0.542. The van der Waals surface area contributed by atoms with E-state index < -0.39 is 0 Å². The van der Waals surface area contributed by atoms with E-state index >= 15 is 0 Å². The summed E-state index contributed by atoms with van der Waals surface area (Å²) in [7, 11) is 0. The molecule has 0 aromatic heterocycles. The molecule has 11 heavy (non-hydrogen) atoms. The van der Waals surface area contributed by atoms with E-state index in [1.54, 1.807) is 6.26 Å². The minimum atomic E-state index is -0.160. The lowest BCUT2D eigenvalue weighted by molar-refractivity contribution is 0.000799. The largest absolute Gasteiger partial charge is 0.421 e. The summed E-state index contributed by atoms with van der Waals surface area (Å²) in [5.41, 5.74) is -0.160. The zero-order valence-corrected chi connectivity index (χ0v) is 7.26. The maximum Gasteiger partial charge on any atom is 0.286 e. The Hall–Kier alpha value is -0.710. The third-order valence-electron chi connectivity index (χ3n) is 2.47. The Labute approximate surface area is 68.2 Å². The van der Waals surface area contributed by atoms with Crippen LogP contribution in [0, 0.1) is 17.4 Å². The van der Waals surface area contributed by atoms with Gasteiger partial charge in [-0.25, -0.2) is 0 Å². The summed E-state index contributed by atoms with van der Waals surface area (Å²) in [6, 6.07) is 0. The van der Waals surface area contributed by atoms with Crippen LogP contribution < -0.4 is 0 Å². The van der Waals surface area contributed by atoms with Crippen LogP contribution in [0.3, 0.4) is 0 Å². The van der Waals surface area contributed by atoms with Gasteiger partial charge < -0.3 is 4.74 Å². The second-order valence-electron chi connectivity index (χ2n) is 3.84. The van der Waals surface area contributed by atoms with Gasteiger partial charge in [0.15, 0.2) is 0 Å². The van der Waals surface area contributed by atoms with Crippen LogP contribution in [-0.2, 0) is 4.74 Å². The standard InChI is InChI=1S/C9H15NO/c1-8-4-3-5-9(2,6-8)11-7-10/h8H,3-6H2,1-2H3. The van der Waals surface area contributed by atoms with Gasteiger partial charge in [-0.05, 0) is 32.1 Å². The highest BCUT2D eigenvalue weighted by Crippen LogP contribution is 2.34. The van der Waals surface area contributed by atoms with E-state index in [1.807, 2.05) is 6.92 Å². The molecule has 0 bridgehead atoms. The summed E-state index contributed by atoms with van der Waals surface area (Å²) in [5.74, 6) is 0.710. The Bertz CT molecular complexity index is 173. The predicted octanol–water partition coefficient (Wildman–Crippen LogP) is 2.45. The summed E-state index contributed by atoms with van der Waals surface area (Å²) in [4.78, 5) is 0. The SMILES string of the molecule is CC1CCCC(C)(OC#N)C1. The zero-order valence-electron chi connectivity index (χ0n) is 7.26. The van der Waals surface area contributed by atoms with Crippen molar-refractivity contribution in [2.75, 3.05) is 0 Å². The molecule has 0 spiro atoms. The Morgan fingerprint density at radius 1 is 1.64 bits per heavy atom. The maximum absolute atomic E-state index is 8.40. The third kappa shape index (κ3) is 2.11. The van der Waals surface area contributed by atoms with E-state index in [2.05, 4.69) is 6.92 Å². The molecule has 1 rings (SSSR count). The normalized spacial score (nSPS) is 37.7. The van der Waals surface area contributed by atoms with Crippen LogP contribution in [0.1, 0.15) is 39.5 Å².